The fraction of sp³-hybridized carbons (Fsp3) is 0.278. The maximum atomic E-state index is 13.5. The zero-order valence-electron chi connectivity index (χ0n) is 13.1. The highest BCUT2D eigenvalue weighted by molar-refractivity contribution is 5.89. The molecule has 0 saturated carbocycles. The average molecular weight is 330 g/mol. The summed E-state index contributed by atoms with van der Waals surface area (Å²) in [6, 6.07) is 13.1. The Hall–Kier alpha value is -2.60. The van der Waals surface area contributed by atoms with E-state index in [1.807, 2.05) is 0 Å². The quantitative estimate of drug-likeness (QED) is 0.906. The van der Waals surface area contributed by atoms with Gasteiger partial charge in [-0.15, -0.1) is 0 Å². The number of β-amino-alcohol motifs (C(OH)–C–C–N with tert-alkyl or cyclic N) is 1. The summed E-state index contributed by atoms with van der Waals surface area (Å²) in [7, 11) is 0. The summed E-state index contributed by atoms with van der Waals surface area (Å²) < 4.78 is 19.1. The van der Waals surface area contributed by atoms with Crippen LogP contribution in [0.1, 0.15) is 12.0 Å². The van der Waals surface area contributed by atoms with Gasteiger partial charge in [-0.2, -0.15) is 0 Å². The van der Waals surface area contributed by atoms with E-state index in [4.69, 9.17) is 4.74 Å². The molecule has 0 radical (unpaired) electrons. The van der Waals surface area contributed by atoms with E-state index < -0.39 is 6.10 Å². The lowest BCUT2D eigenvalue weighted by molar-refractivity contribution is 0.176. The van der Waals surface area contributed by atoms with E-state index in [9.17, 15) is 14.3 Å². The van der Waals surface area contributed by atoms with E-state index >= 15 is 0 Å². The van der Waals surface area contributed by atoms with E-state index in [1.54, 1.807) is 47.4 Å². The molecule has 1 fully saturated rings. The molecule has 2 aromatic carbocycles. The normalized spacial score (nSPS) is 16.9. The van der Waals surface area contributed by atoms with Gasteiger partial charge < -0.3 is 20.1 Å². The Balaban J connectivity index is 1.53. The molecule has 1 atom stereocenters. The molecule has 2 amide bonds. The molecule has 1 heterocycles. The number of benzene rings is 2. The average Bonchev–Trinajstić information content (AvgIpc) is 3.02. The third-order valence-electron chi connectivity index (χ3n) is 3.91. The van der Waals surface area contributed by atoms with Gasteiger partial charge in [0.05, 0.1) is 6.10 Å². The standard InChI is InChI=1S/C18H19FN2O3/c19-17-4-2-1-3-13(17)12-24-16-7-5-14(6-8-16)20-18(23)21-10-9-15(22)11-21/h1-8,15,22H,9-12H2,(H,20,23)/t15-/m0/s1. The van der Waals surface area contributed by atoms with Crippen LogP contribution in [-0.2, 0) is 6.61 Å². The number of aliphatic hydroxyl groups excluding tert-OH is 1. The maximum Gasteiger partial charge on any atom is 0.321 e. The molecule has 0 unspecified atom stereocenters. The number of hydrogen-bond acceptors (Lipinski definition) is 3. The summed E-state index contributed by atoms with van der Waals surface area (Å²) in [6.45, 7) is 1.05. The number of nitrogens with zero attached hydrogens (tertiary/aromatic N) is 1. The predicted octanol–water partition coefficient (Wildman–Crippen LogP) is 3.00. The smallest absolute Gasteiger partial charge is 0.321 e. The summed E-state index contributed by atoms with van der Waals surface area (Å²) in [4.78, 5) is 13.6. The molecule has 3 rings (SSSR count). The molecule has 1 aliphatic rings. The van der Waals surface area contributed by atoms with Crippen LogP contribution in [-0.4, -0.2) is 35.2 Å². The van der Waals surface area contributed by atoms with Crippen LogP contribution in [0.3, 0.4) is 0 Å². The van der Waals surface area contributed by atoms with Crippen LogP contribution in [0.4, 0.5) is 14.9 Å². The number of rotatable bonds is 4. The highest BCUT2D eigenvalue weighted by Crippen LogP contribution is 2.19. The Morgan fingerprint density at radius 1 is 1.25 bits per heavy atom. The first kappa shape index (κ1) is 16.3. The van der Waals surface area contributed by atoms with E-state index in [0.29, 0.717) is 36.5 Å². The van der Waals surface area contributed by atoms with E-state index in [1.165, 1.54) is 6.07 Å². The minimum Gasteiger partial charge on any atom is -0.489 e. The predicted molar refractivity (Wildman–Crippen MR) is 88.4 cm³/mol. The van der Waals surface area contributed by atoms with Gasteiger partial charge in [0.25, 0.3) is 0 Å². The van der Waals surface area contributed by atoms with E-state index in [2.05, 4.69) is 5.32 Å². The van der Waals surface area contributed by atoms with Crippen molar-refractivity contribution in [3.05, 3.63) is 59.9 Å². The zero-order chi connectivity index (χ0) is 16.9. The number of amides is 2. The first-order chi connectivity index (χ1) is 11.6. The molecule has 1 aliphatic heterocycles. The lowest BCUT2D eigenvalue weighted by Crippen LogP contribution is -2.33. The van der Waals surface area contributed by atoms with Crippen molar-refractivity contribution >= 4 is 11.7 Å². The van der Waals surface area contributed by atoms with Crippen molar-refractivity contribution in [1.29, 1.82) is 0 Å². The van der Waals surface area contributed by atoms with Crippen molar-refractivity contribution in [2.75, 3.05) is 18.4 Å². The van der Waals surface area contributed by atoms with Crippen molar-refractivity contribution in [3.8, 4) is 5.75 Å². The lowest BCUT2D eigenvalue weighted by atomic mass is 10.2. The van der Waals surface area contributed by atoms with Gasteiger partial charge >= 0.3 is 6.03 Å². The van der Waals surface area contributed by atoms with Crippen molar-refractivity contribution in [3.63, 3.8) is 0 Å². The summed E-state index contributed by atoms with van der Waals surface area (Å²) in [5.41, 5.74) is 1.13. The number of hydrogen-bond donors (Lipinski definition) is 2. The SMILES string of the molecule is O=C(Nc1ccc(OCc2ccccc2F)cc1)N1CC[C@H](O)C1. The Kier molecular flexibility index (Phi) is 4.96. The van der Waals surface area contributed by atoms with Gasteiger partial charge in [-0.05, 0) is 36.8 Å². The summed E-state index contributed by atoms with van der Waals surface area (Å²) in [5, 5.41) is 12.2. The second kappa shape index (κ2) is 7.31. The third kappa shape index (κ3) is 4.02. The molecule has 0 spiro atoms. The van der Waals surface area contributed by atoms with Crippen LogP contribution in [0, 0.1) is 5.82 Å². The molecule has 126 valence electrons. The number of carbonyl (C=O) groups excluding carboxylic acids is 1. The fourth-order valence-electron chi connectivity index (χ4n) is 2.54. The molecule has 5 nitrogen and oxygen atoms in total. The highest BCUT2D eigenvalue weighted by Gasteiger charge is 2.24. The van der Waals surface area contributed by atoms with Gasteiger partial charge in [-0.1, -0.05) is 18.2 Å². The van der Waals surface area contributed by atoms with Crippen LogP contribution >= 0.6 is 0 Å². The molecular formula is C18H19FN2O3. The third-order valence-corrected chi connectivity index (χ3v) is 3.91. The summed E-state index contributed by atoms with van der Waals surface area (Å²) in [6.07, 6.45) is 0.167. The Morgan fingerprint density at radius 3 is 2.67 bits per heavy atom. The van der Waals surface area contributed by atoms with E-state index in [-0.39, 0.29) is 18.5 Å². The van der Waals surface area contributed by atoms with Crippen LogP contribution in [0.15, 0.2) is 48.5 Å². The number of aliphatic hydroxyl groups is 1. The second-order valence-corrected chi connectivity index (χ2v) is 5.72. The number of anilines is 1. The molecule has 0 aliphatic carbocycles. The molecule has 6 heteroatoms. The van der Waals surface area contributed by atoms with Crippen LogP contribution in [0.25, 0.3) is 0 Å². The molecule has 2 N–H and O–H groups in total. The van der Waals surface area contributed by atoms with Crippen LogP contribution in [0.5, 0.6) is 5.75 Å². The monoisotopic (exact) mass is 330 g/mol. The van der Waals surface area contributed by atoms with Crippen LogP contribution < -0.4 is 10.1 Å². The Labute approximate surface area is 139 Å². The Bertz CT molecular complexity index is 706. The first-order valence-corrected chi connectivity index (χ1v) is 7.82. The molecule has 1 saturated heterocycles. The van der Waals surface area contributed by atoms with Crippen molar-refractivity contribution < 1.29 is 19.0 Å². The fourth-order valence-corrected chi connectivity index (χ4v) is 2.54. The van der Waals surface area contributed by atoms with Crippen molar-refractivity contribution in [2.45, 2.75) is 19.1 Å². The molecule has 24 heavy (non-hydrogen) atoms. The van der Waals surface area contributed by atoms with Gasteiger partial charge in [-0.25, -0.2) is 9.18 Å². The maximum absolute atomic E-state index is 13.5. The summed E-state index contributed by atoms with van der Waals surface area (Å²) in [5.74, 6) is 0.294. The Morgan fingerprint density at radius 2 is 2.00 bits per heavy atom. The van der Waals surface area contributed by atoms with Gasteiger partial charge in [0.15, 0.2) is 0 Å². The van der Waals surface area contributed by atoms with Crippen molar-refractivity contribution in [2.24, 2.45) is 0 Å². The van der Waals surface area contributed by atoms with Gasteiger partial charge in [-0.3, -0.25) is 0 Å². The molecule has 0 aromatic heterocycles. The number of halogens is 1. The minimum absolute atomic E-state index is 0.143. The van der Waals surface area contributed by atoms with E-state index in [0.717, 1.165) is 0 Å². The van der Waals surface area contributed by atoms with Crippen molar-refractivity contribution in [1.82, 2.24) is 4.90 Å². The second-order valence-electron chi connectivity index (χ2n) is 5.72. The zero-order valence-corrected chi connectivity index (χ0v) is 13.1. The highest BCUT2D eigenvalue weighted by atomic mass is 19.1. The van der Waals surface area contributed by atoms with Gasteiger partial charge in [0.1, 0.15) is 18.2 Å². The minimum atomic E-state index is -0.440. The molecule has 0 bridgehead atoms. The van der Waals surface area contributed by atoms with Gasteiger partial charge in [0, 0.05) is 24.3 Å². The molecular weight excluding hydrogens is 311 g/mol. The first-order valence-electron chi connectivity index (χ1n) is 7.82. The molecule has 2 aromatic rings. The number of urea groups is 1. The number of carbonyl (C=O) groups is 1. The summed E-state index contributed by atoms with van der Waals surface area (Å²) >= 11 is 0. The topological polar surface area (TPSA) is 61.8 Å². The number of nitrogens with one attached hydrogen (secondary N) is 1. The largest absolute Gasteiger partial charge is 0.489 e. The lowest BCUT2D eigenvalue weighted by Gasteiger charge is -2.16. The van der Waals surface area contributed by atoms with Crippen LogP contribution in [0.2, 0.25) is 0 Å². The number of ether oxygens (including phenoxy) is 1. The van der Waals surface area contributed by atoms with Gasteiger partial charge in [0.2, 0.25) is 0 Å². The number of likely N-dealkylation sites (tertiary alicyclic amines) is 1.